The summed E-state index contributed by atoms with van der Waals surface area (Å²) in [6, 6.07) is 14.9. The van der Waals surface area contributed by atoms with Crippen molar-refractivity contribution >= 4 is 22.8 Å². The third-order valence-corrected chi connectivity index (χ3v) is 7.16. The molecule has 0 unspecified atom stereocenters. The van der Waals surface area contributed by atoms with Crippen molar-refractivity contribution in [2.24, 2.45) is 10.8 Å². The van der Waals surface area contributed by atoms with Gasteiger partial charge in [-0.3, -0.25) is 4.98 Å². The molecule has 1 radical (unpaired) electrons. The molecule has 37 heavy (non-hydrogen) atoms. The average molecular weight is 515 g/mol. The number of thioether (sulfide) groups is 1. The maximum atomic E-state index is 5.38. The van der Waals surface area contributed by atoms with Crippen molar-refractivity contribution in [3.8, 4) is 16.9 Å². The molecule has 195 valence electrons. The van der Waals surface area contributed by atoms with Crippen molar-refractivity contribution < 1.29 is 4.74 Å². The second-order valence-corrected chi connectivity index (χ2v) is 13.2. The van der Waals surface area contributed by atoms with Crippen molar-refractivity contribution in [1.29, 1.82) is 0 Å². The molecule has 0 aliphatic carbocycles. The van der Waals surface area contributed by atoms with Crippen LogP contribution in [0.15, 0.2) is 47.6 Å². The maximum Gasteiger partial charge on any atom is 0.166 e. The quantitative estimate of drug-likeness (QED) is 0.251. The highest BCUT2D eigenvalue weighted by Gasteiger charge is 2.26. The summed E-state index contributed by atoms with van der Waals surface area (Å²) < 4.78 is 5.38. The molecule has 5 heteroatoms. The third-order valence-electron chi connectivity index (χ3n) is 6.26. The number of H-pyrrole nitrogens is 1. The molecule has 0 bridgehead atoms. The molecular formula is C32H40N3OS. The molecule has 1 N–H and O–H groups in total. The predicted molar refractivity (Wildman–Crippen MR) is 157 cm³/mol. The van der Waals surface area contributed by atoms with Crippen LogP contribution in [0, 0.1) is 31.1 Å². The number of imidazole rings is 1. The number of aryl methyl sites for hydroxylation is 2. The van der Waals surface area contributed by atoms with Gasteiger partial charge in [0.2, 0.25) is 0 Å². The van der Waals surface area contributed by atoms with Crippen LogP contribution >= 0.6 is 11.8 Å². The Hall–Kier alpha value is -2.79. The fourth-order valence-corrected chi connectivity index (χ4v) is 5.55. The van der Waals surface area contributed by atoms with Crippen LogP contribution in [-0.4, -0.2) is 22.1 Å². The number of nitrogens with zero attached hydrogens (tertiary/aromatic N) is 2. The standard InChI is InChI=1S/C32H40N3OS/c1-20-10-12-22(13-11-20)29-24(17-31(3,4)5)28(18-32(6,7)8)33-21(2)25(29)19-37-30-34-26-15-14-23(36-9)16-27(26)35-30/h10-17H,18-19H2,1-9H3,(H,34,35). The van der Waals surface area contributed by atoms with Crippen LogP contribution in [0.2, 0.25) is 0 Å². The van der Waals surface area contributed by atoms with Crippen molar-refractivity contribution in [2.75, 3.05) is 7.11 Å². The highest BCUT2D eigenvalue weighted by atomic mass is 32.2. The van der Waals surface area contributed by atoms with Crippen LogP contribution in [0.5, 0.6) is 5.75 Å². The van der Waals surface area contributed by atoms with E-state index in [1.807, 2.05) is 18.2 Å². The van der Waals surface area contributed by atoms with E-state index in [1.54, 1.807) is 18.9 Å². The summed E-state index contributed by atoms with van der Waals surface area (Å²) in [6.07, 6.45) is 3.34. The van der Waals surface area contributed by atoms with Gasteiger partial charge in [-0.2, -0.15) is 0 Å². The lowest BCUT2D eigenvalue weighted by molar-refractivity contribution is 0.403. The van der Waals surface area contributed by atoms with E-state index in [9.17, 15) is 0 Å². The number of pyridine rings is 1. The molecular weight excluding hydrogens is 474 g/mol. The van der Waals surface area contributed by atoms with E-state index >= 15 is 0 Å². The maximum absolute atomic E-state index is 5.38. The van der Waals surface area contributed by atoms with Gasteiger partial charge in [0.1, 0.15) is 5.75 Å². The first kappa shape index (κ1) is 27.3. The van der Waals surface area contributed by atoms with Gasteiger partial charge < -0.3 is 9.72 Å². The van der Waals surface area contributed by atoms with Crippen LogP contribution in [0.3, 0.4) is 0 Å². The fraction of sp³-hybridized carbons (Fsp3) is 0.406. The molecule has 0 amide bonds. The second-order valence-electron chi connectivity index (χ2n) is 12.2. The van der Waals surface area contributed by atoms with Crippen LogP contribution in [-0.2, 0) is 12.2 Å². The highest BCUT2D eigenvalue weighted by Crippen LogP contribution is 2.40. The lowest BCUT2D eigenvalue weighted by Crippen LogP contribution is -2.18. The number of hydrogen-bond acceptors (Lipinski definition) is 4. The monoisotopic (exact) mass is 514 g/mol. The number of nitrogens with one attached hydrogen (secondary N) is 1. The lowest BCUT2D eigenvalue weighted by atomic mass is 9.79. The average Bonchev–Trinajstić information content (AvgIpc) is 3.20. The molecule has 2 aromatic carbocycles. The minimum atomic E-state index is 0.0191. The summed E-state index contributed by atoms with van der Waals surface area (Å²) in [5, 5.41) is 0.901. The third kappa shape index (κ3) is 6.75. The number of rotatable bonds is 7. The Kier molecular flexibility index (Phi) is 7.75. The lowest BCUT2D eigenvalue weighted by Gasteiger charge is -2.28. The van der Waals surface area contributed by atoms with E-state index in [4.69, 9.17) is 14.7 Å². The Labute approximate surface area is 226 Å². The molecule has 4 rings (SSSR count). The number of methoxy groups -OCH3 is 1. The molecule has 0 fully saturated rings. The SMILES string of the molecule is COc1ccc2[nH]c(SCc3c(C)nc(CC(C)(C)C)c([CH]C(C)(C)C)c3-c3ccc(C)cc3)nc2c1. The zero-order chi connectivity index (χ0) is 27.0. The van der Waals surface area contributed by atoms with Crippen molar-refractivity contribution in [3.05, 3.63) is 77.0 Å². The van der Waals surface area contributed by atoms with Gasteiger partial charge in [0.15, 0.2) is 5.16 Å². The van der Waals surface area contributed by atoms with Gasteiger partial charge in [0.25, 0.3) is 0 Å². The van der Waals surface area contributed by atoms with E-state index < -0.39 is 0 Å². The first-order chi connectivity index (χ1) is 17.3. The summed E-state index contributed by atoms with van der Waals surface area (Å²) in [5.74, 6) is 1.59. The van der Waals surface area contributed by atoms with Gasteiger partial charge in [-0.1, -0.05) is 83.1 Å². The molecule has 0 atom stereocenters. The van der Waals surface area contributed by atoms with Gasteiger partial charge in [0, 0.05) is 23.2 Å². The van der Waals surface area contributed by atoms with Gasteiger partial charge in [0.05, 0.1) is 18.1 Å². The minimum absolute atomic E-state index is 0.0191. The van der Waals surface area contributed by atoms with Crippen molar-refractivity contribution in [3.63, 3.8) is 0 Å². The highest BCUT2D eigenvalue weighted by molar-refractivity contribution is 7.98. The Morgan fingerprint density at radius 2 is 1.65 bits per heavy atom. The van der Waals surface area contributed by atoms with Gasteiger partial charge in [-0.15, -0.1) is 0 Å². The van der Waals surface area contributed by atoms with Gasteiger partial charge in [-0.05, 0) is 71.9 Å². The first-order valence-electron chi connectivity index (χ1n) is 12.9. The predicted octanol–water partition coefficient (Wildman–Crippen LogP) is 8.73. The summed E-state index contributed by atoms with van der Waals surface area (Å²) in [6.45, 7) is 18.0. The van der Waals surface area contributed by atoms with Gasteiger partial charge in [-0.25, -0.2) is 4.98 Å². The normalized spacial score (nSPS) is 12.4. The number of ether oxygens (including phenoxy) is 1. The largest absolute Gasteiger partial charge is 0.497 e. The molecule has 4 aromatic rings. The van der Waals surface area contributed by atoms with E-state index in [-0.39, 0.29) is 10.8 Å². The smallest absolute Gasteiger partial charge is 0.166 e. The Morgan fingerprint density at radius 3 is 2.27 bits per heavy atom. The van der Waals surface area contributed by atoms with E-state index in [0.717, 1.165) is 39.8 Å². The van der Waals surface area contributed by atoms with E-state index in [2.05, 4.69) is 91.1 Å². The molecule has 0 aliphatic rings. The number of hydrogen-bond donors (Lipinski definition) is 1. The Morgan fingerprint density at radius 1 is 0.946 bits per heavy atom. The molecule has 2 heterocycles. The van der Waals surface area contributed by atoms with Crippen molar-refractivity contribution in [1.82, 2.24) is 15.0 Å². The number of benzene rings is 2. The molecule has 0 aliphatic heterocycles. The number of aromatic amines is 1. The van der Waals surface area contributed by atoms with Crippen LogP contribution in [0.25, 0.3) is 22.2 Å². The van der Waals surface area contributed by atoms with E-state index in [1.165, 1.54) is 33.5 Å². The fourth-order valence-electron chi connectivity index (χ4n) is 4.57. The first-order valence-corrected chi connectivity index (χ1v) is 13.9. The van der Waals surface area contributed by atoms with Crippen molar-refractivity contribution in [2.45, 2.75) is 72.7 Å². The molecule has 4 nitrogen and oxygen atoms in total. The summed E-state index contributed by atoms with van der Waals surface area (Å²) in [4.78, 5) is 13.5. The zero-order valence-electron chi connectivity index (χ0n) is 23.7. The Bertz CT molecular complexity index is 1390. The topological polar surface area (TPSA) is 50.8 Å². The molecule has 0 spiro atoms. The van der Waals surface area contributed by atoms with Crippen LogP contribution in [0.4, 0.5) is 0 Å². The molecule has 2 aromatic heterocycles. The molecule has 0 saturated heterocycles. The summed E-state index contributed by atoms with van der Waals surface area (Å²) >= 11 is 1.72. The summed E-state index contributed by atoms with van der Waals surface area (Å²) in [7, 11) is 1.68. The second kappa shape index (κ2) is 10.5. The molecule has 0 saturated carbocycles. The van der Waals surface area contributed by atoms with E-state index in [0.29, 0.717) is 0 Å². The van der Waals surface area contributed by atoms with Crippen LogP contribution in [0.1, 0.15) is 69.6 Å². The summed E-state index contributed by atoms with van der Waals surface area (Å²) in [5.41, 5.74) is 10.7. The zero-order valence-corrected chi connectivity index (χ0v) is 24.6. The number of aromatic nitrogens is 3. The van der Waals surface area contributed by atoms with Gasteiger partial charge >= 0.3 is 0 Å². The van der Waals surface area contributed by atoms with Crippen LogP contribution < -0.4 is 4.74 Å². The minimum Gasteiger partial charge on any atom is -0.497 e. The Balaban J connectivity index is 1.83. The number of fused-ring (bicyclic) bond motifs is 1.